The van der Waals surface area contributed by atoms with Gasteiger partial charge in [-0.25, -0.2) is 5.01 Å². The predicted octanol–water partition coefficient (Wildman–Crippen LogP) is 2.94. The average molecular weight is 386 g/mol. The van der Waals surface area contributed by atoms with Crippen LogP contribution < -0.4 is 15.8 Å². The molecular weight excluding hydrogens is 369 g/mol. The molecule has 0 fully saturated rings. The van der Waals surface area contributed by atoms with Crippen LogP contribution in [0, 0.1) is 0 Å². The average Bonchev–Trinajstić information content (AvgIpc) is 3.02. The van der Waals surface area contributed by atoms with Crippen molar-refractivity contribution in [1.29, 1.82) is 0 Å². The molecule has 6 nitrogen and oxygen atoms in total. The van der Waals surface area contributed by atoms with E-state index in [2.05, 4.69) is 15.2 Å². The van der Waals surface area contributed by atoms with Gasteiger partial charge in [-0.2, -0.15) is 5.10 Å². The number of alkyl halides is 3. The maximum absolute atomic E-state index is 12.3. The lowest BCUT2D eigenvalue weighted by Gasteiger charge is -2.15. The number of hydrogen-bond acceptors (Lipinski definition) is 5. The lowest BCUT2D eigenvalue weighted by atomic mass is 10.2. The SMILES string of the molecule is CNCCN(N=Cc1ccc(-c2cccc(OC(F)(F)F)c2)o1)C(N)=S. The number of hydrogen-bond donors (Lipinski definition) is 2. The van der Waals surface area contributed by atoms with Crippen molar-refractivity contribution in [2.45, 2.75) is 6.36 Å². The van der Waals surface area contributed by atoms with Crippen LogP contribution in [-0.4, -0.2) is 42.8 Å². The summed E-state index contributed by atoms with van der Waals surface area (Å²) in [5.41, 5.74) is 6.02. The molecule has 2 aromatic rings. The number of benzene rings is 1. The lowest BCUT2D eigenvalue weighted by molar-refractivity contribution is -0.274. The van der Waals surface area contributed by atoms with Crippen molar-refractivity contribution in [3.8, 4) is 17.1 Å². The highest BCUT2D eigenvalue weighted by atomic mass is 32.1. The topological polar surface area (TPSA) is 76.0 Å². The van der Waals surface area contributed by atoms with Crippen molar-refractivity contribution < 1.29 is 22.3 Å². The molecule has 1 heterocycles. The highest BCUT2D eigenvalue weighted by molar-refractivity contribution is 7.80. The van der Waals surface area contributed by atoms with Crippen molar-refractivity contribution in [1.82, 2.24) is 10.3 Å². The monoisotopic (exact) mass is 386 g/mol. The van der Waals surface area contributed by atoms with E-state index in [4.69, 9.17) is 22.4 Å². The fraction of sp³-hybridized carbons (Fsp3) is 0.250. The predicted molar refractivity (Wildman–Crippen MR) is 95.8 cm³/mol. The third-order valence-corrected chi connectivity index (χ3v) is 3.34. The second-order valence-corrected chi connectivity index (χ2v) is 5.51. The number of nitrogens with zero attached hydrogens (tertiary/aromatic N) is 2. The van der Waals surface area contributed by atoms with E-state index in [9.17, 15) is 13.2 Å². The molecule has 1 aromatic carbocycles. The Kier molecular flexibility index (Phi) is 6.58. The summed E-state index contributed by atoms with van der Waals surface area (Å²) >= 11 is 4.91. The number of halogens is 3. The Labute approximate surface area is 153 Å². The van der Waals surface area contributed by atoms with Gasteiger partial charge in [0.2, 0.25) is 0 Å². The summed E-state index contributed by atoms with van der Waals surface area (Å²) in [4.78, 5) is 0. The van der Waals surface area contributed by atoms with Gasteiger partial charge < -0.3 is 20.2 Å². The third kappa shape index (κ3) is 6.05. The van der Waals surface area contributed by atoms with Gasteiger partial charge in [-0.3, -0.25) is 0 Å². The van der Waals surface area contributed by atoms with Gasteiger partial charge in [0.15, 0.2) is 5.11 Å². The largest absolute Gasteiger partial charge is 0.573 e. The number of nitrogens with two attached hydrogens (primary N) is 1. The van der Waals surface area contributed by atoms with Crippen molar-refractivity contribution in [2.24, 2.45) is 10.8 Å². The number of thiocarbonyl (C=S) groups is 1. The number of ether oxygens (including phenoxy) is 1. The van der Waals surface area contributed by atoms with E-state index in [1.54, 1.807) is 25.2 Å². The van der Waals surface area contributed by atoms with Gasteiger partial charge in [-0.05, 0) is 43.5 Å². The van der Waals surface area contributed by atoms with Crippen LogP contribution in [0.4, 0.5) is 13.2 Å². The highest BCUT2D eigenvalue weighted by Gasteiger charge is 2.31. The number of nitrogens with one attached hydrogen (secondary N) is 1. The first-order valence-corrected chi connectivity index (χ1v) is 7.91. The Hall–Kier alpha value is -2.59. The van der Waals surface area contributed by atoms with E-state index in [1.807, 2.05) is 0 Å². The Morgan fingerprint density at radius 1 is 1.38 bits per heavy atom. The molecule has 0 saturated heterocycles. The van der Waals surface area contributed by atoms with Gasteiger partial charge in [0.25, 0.3) is 0 Å². The van der Waals surface area contributed by atoms with Gasteiger partial charge in [0, 0.05) is 12.1 Å². The Bertz CT molecular complexity index is 777. The fourth-order valence-electron chi connectivity index (χ4n) is 1.99. The van der Waals surface area contributed by atoms with Gasteiger partial charge in [-0.15, -0.1) is 13.2 Å². The summed E-state index contributed by atoms with van der Waals surface area (Å²) in [6.07, 6.45) is -3.33. The molecule has 0 saturated carbocycles. The maximum Gasteiger partial charge on any atom is 0.573 e. The lowest BCUT2D eigenvalue weighted by Crippen LogP contribution is -2.35. The molecule has 0 radical (unpaired) electrons. The van der Waals surface area contributed by atoms with Crippen molar-refractivity contribution in [3.05, 3.63) is 42.2 Å². The second kappa shape index (κ2) is 8.68. The normalized spacial score (nSPS) is 11.7. The van der Waals surface area contributed by atoms with E-state index in [0.717, 1.165) is 0 Å². The van der Waals surface area contributed by atoms with E-state index >= 15 is 0 Å². The molecule has 26 heavy (non-hydrogen) atoms. The van der Waals surface area contributed by atoms with Gasteiger partial charge in [0.05, 0.1) is 12.8 Å². The molecular formula is C16H17F3N4O2S. The standard InChI is InChI=1S/C16H17F3N4O2S/c1-21-7-8-23(15(20)26)22-10-13-5-6-14(24-13)11-3-2-4-12(9-11)25-16(17,18)19/h2-6,9-10,21H,7-8H2,1H3,(H2,20,26). The van der Waals surface area contributed by atoms with Crippen LogP contribution in [0.15, 0.2) is 45.9 Å². The number of likely N-dealkylation sites (N-methyl/N-ethyl adjacent to an activating group) is 1. The molecule has 0 aliphatic rings. The van der Waals surface area contributed by atoms with Crippen molar-refractivity contribution in [2.75, 3.05) is 20.1 Å². The van der Waals surface area contributed by atoms with Gasteiger partial charge in [0.1, 0.15) is 17.3 Å². The number of rotatable bonds is 7. The first kappa shape index (κ1) is 19.7. The minimum atomic E-state index is -4.75. The smallest absolute Gasteiger partial charge is 0.455 e. The van der Waals surface area contributed by atoms with Crippen LogP contribution in [0.2, 0.25) is 0 Å². The summed E-state index contributed by atoms with van der Waals surface area (Å²) < 4.78 is 46.4. The Balaban J connectivity index is 2.13. The maximum atomic E-state index is 12.3. The minimum absolute atomic E-state index is 0.111. The molecule has 3 N–H and O–H groups in total. The van der Waals surface area contributed by atoms with Crippen LogP contribution in [0.3, 0.4) is 0 Å². The molecule has 0 bridgehead atoms. The molecule has 1 aromatic heterocycles. The number of furan rings is 1. The van der Waals surface area contributed by atoms with Gasteiger partial charge >= 0.3 is 6.36 Å². The van der Waals surface area contributed by atoms with E-state index in [-0.39, 0.29) is 10.9 Å². The van der Waals surface area contributed by atoms with E-state index in [0.29, 0.717) is 30.2 Å². The molecule has 0 atom stereocenters. The zero-order valence-corrected chi connectivity index (χ0v) is 14.6. The summed E-state index contributed by atoms with van der Waals surface area (Å²) in [6, 6.07) is 8.75. The van der Waals surface area contributed by atoms with Crippen LogP contribution >= 0.6 is 12.2 Å². The zero-order valence-electron chi connectivity index (χ0n) is 13.8. The third-order valence-electron chi connectivity index (χ3n) is 3.13. The molecule has 0 aliphatic heterocycles. The summed E-state index contributed by atoms with van der Waals surface area (Å²) in [7, 11) is 1.79. The molecule has 2 rings (SSSR count). The molecule has 140 valence electrons. The van der Waals surface area contributed by atoms with Gasteiger partial charge in [-0.1, -0.05) is 12.1 Å². The summed E-state index contributed by atoms with van der Waals surface area (Å²) in [5.74, 6) is 0.442. The first-order valence-electron chi connectivity index (χ1n) is 7.50. The van der Waals surface area contributed by atoms with E-state index in [1.165, 1.54) is 29.4 Å². The van der Waals surface area contributed by atoms with Crippen LogP contribution in [0.25, 0.3) is 11.3 Å². The first-order chi connectivity index (χ1) is 12.3. The zero-order chi connectivity index (χ0) is 19.2. The van der Waals surface area contributed by atoms with Crippen LogP contribution in [0.1, 0.15) is 5.76 Å². The fourth-order valence-corrected chi connectivity index (χ4v) is 2.13. The Morgan fingerprint density at radius 3 is 2.81 bits per heavy atom. The van der Waals surface area contributed by atoms with Crippen molar-refractivity contribution in [3.63, 3.8) is 0 Å². The second-order valence-electron chi connectivity index (χ2n) is 5.09. The quantitative estimate of drug-likeness (QED) is 0.433. The van der Waals surface area contributed by atoms with Crippen LogP contribution in [0.5, 0.6) is 5.75 Å². The number of hydrazone groups is 1. The summed E-state index contributed by atoms with van der Waals surface area (Å²) in [5, 5.41) is 8.62. The summed E-state index contributed by atoms with van der Waals surface area (Å²) in [6.45, 7) is 1.11. The highest BCUT2D eigenvalue weighted by Crippen LogP contribution is 2.28. The molecule has 10 heteroatoms. The van der Waals surface area contributed by atoms with Crippen LogP contribution in [-0.2, 0) is 0 Å². The van der Waals surface area contributed by atoms with E-state index < -0.39 is 6.36 Å². The van der Waals surface area contributed by atoms with Crippen molar-refractivity contribution >= 4 is 23.5 Å². The minimum Gasteiger partial charge on any atom is -0.455 e. The molecule has 0 amide bonds. The molecule has 0 aliphatic carbocycles. The molecule has 0 spiro atoms. The molecule has 0 unspecified atom stereocenters. The Morgan fingerprint density at radius 2 is 2.15 bits per heavy atom.